The largest absolute Gasteiger partial charge is 0.326 e. The molecule has 2 rings (SSSR count). The predicted molar refractivity (Wildman–Crippen MR) is 72.5 cm³/mol. The lowest BCUT2D eigenvalue weighted by molar-refractivity contribution is 0.521. The van der Waals surface area contributed by atoms with Crippen LogP contribution in [0.5, 0.6) is 0 Å². The molecular weight excluding hydrogens is 262 g/mol. The van der Waals surface area contributed by atoms with Crippen molar-refractivity contribution in [2.24, 2.45) is 5.73 Å². The standard InChI is InChI=1S/C13H17N3O2S/c14-8-10-4-1-2-5-11(10)9-19(17,18)16-13-7-3-6-12(13)15/h1-2,4-5,12-13,16H,3,6-7,9,15H2. The highest BCUT2D eigenvalue weighted by atomic mass is 32.2. The molecule has 6 heteroatoms. The highest BCUT2D eigenvalue weighted by molar-refractivity contribution is 7.88. The van der Waals surface area contributed by atoms with E-state index in [-0.39, 0.29) is 17.8 Å². The van der Waals surface area contributed by atoms with Gasteiger partial charge in [0.1, 0.15) is 0 Å². The van der Waals surface area contributed by atoms with Gasteiger partial charge < -0.3 is 5.73 Å². The van der Waals surface area contributed by atoms with Gasteiger partial charge in [0.2, 0.25) is 10.0 Å². The van der Waals surface area contributed by atoms with E-state index in [1.165, 1.54) is 0 Å². The van der Waals surface area contributed by atoms with E-state index in [1.807, 2.05) is 6.07 Å². The van der Waals surface area contributed by atoms with Crippen molar-refractivity contribution < 1.29 is 8.42 Å². The molecule has 1 aliphatic carbocycles. The number of sulfonamides is 1. The molecule has 0 bridgehead atoms. The van der Waals surface area contributed by atoms with Gasteiger partial charge in [0.25, 0.3) is 0 Å². The van der Waals surface area contributed by atoms with E-state index in [4.69, 9.17) is 11.0 Å². The zero-order chi connectivity index (χ0) is 13.9. The normalized spacial score (nSPS) is 23.2. The van der Waals surface area contributed by atoms with Crippen LogP contribution >= 0.6 is 0 Å². The molecule has 0 radical (unpaired) electrons. The Morgan fingerprint density at radius 2 is 2.11 bits per heavy atom. The van der Waals surface area contributed by atoms with Crippen LogP contribution in [-0.4, -0.2) is 20.5 Å². The molecule has 3 N–H and O–H groups in total. The fourth-order valence-electron chi connectivity index (χ4n) is 2.37. The Hall–Kier alpha value is -1.42. The van der Waals surface area contributed by atoms with Crippen molar-refractivity contribution in [1.82, 2.24) is 4.72 Å². The van der Waals surface area contributed by atoms with Crippen LogP contribution in [0.25, 0.3) is 0 Å². The second-order valence-corrected chi connectivity index (χ2v) is 6.60. The van der Waals surface area contributed by atoms with E-state index >= 15 is 0 Å². The van der Waals surface area contributed by atoms with Crippen LogP contribution in [0, 0.1) is 11.3 Å². The molecule has 5 nitrogen and oxygen atoms in total. The Kier molecular flexibility index (Phi) is 4.20. The molecule has 1 aromatic rings. The number of nitrogens with two attached hydrogens (primary N) is 1. The smallest absolute Gasteiger partial charge is 0.216 e. The lowest BCUT2D eigenvalue weighted by Gasteiger charge is -2.17. The Balaban J connectivity index is 2.11. The summed E-state index contributed by atoms with van der Waals surface area (Å²) in [4.78, 5) is 0. The minimum Gasteiger partial charge on any atom is -0.326 e. The third-order valence-electron chi connectivity index (χ3n) is 3.38. The number of nitrogens with one attached hydrogen (secondary N) is 1. The Morgan fingerprint density at radius 1 is 1.37 bits per heavy atom. The van der Waals surface area contributed by atoms with Crippen molar-refractivity contribution in [1.29, 1.82) is 5.26 Å². The molecule has 1 aromatic carbocycles. The molecule has 19 heavy (non-hydrogen) atoms. The first-order valence-corrected chi connectivity index (χ1v) is 7.90. The maximum atomic E-state index is 12.1. The van der Waals surface area contributed by atoms with Crippen LogP contribution in [0.15, 0.2) is 24.3 Å². The predicted octanol–water partition coefficient (Wildman–Crippen LogP) is 0.857. The van der Waals surface area contributed by atoms with Crippen molar-refractivity contribution >= 4 is 10.0 Å². The maximum Gasteiger partial charge on any atom is 0.216 e. The lowest BCUT2D eigenvalue weighted by atomic mass is 10.1. The second kappa shape index (κ2) is 5.70. The fourth-order valence-corrected chi connectivity index (χ4v) is 3.87. The second-order valence-electron chi connectivity index (χ2n) is 4.85. The van der Waals surface area contributed by atoms with Crippen LogP contribution in [-0.2, 0) is 15.8 Å². The van der Waals surface area contributed by atoms with Gasteiger partial charge in [0.15, 0.2) is 0 Å². The summed E-state index contributed by atoms with van der Waals surface area (Å²) in [5.41, 5.74) is 6.77. The van der Waals surface area contributed by atoms with Gasteiger partial charge in [-0.2, -0.15) is 5.26 Å². The van der Waals surface area contributed by atoms with Gasteiger partial charge in [0.05, 0.1) is 17.4 Å². The van der Waals surface area contributed by atoms with Crippen LogP contribution in [0.4, 0.5) is 0 Å². The van der Waals surface area contributed by atoms with Gasteiger partial charge in [-0.1, -0.05) is 24.6 Å². The molecule has 1 fully saturated rings. The zero-order valence-corrected chi connectivity index (χ0v) is 11.4. The van der Waals surface area contributed by atoms with Crippen molar-refractivity contribution in [3.8, 4) is 6.07 Å². The van der Waals surface area contributed by atoms with Gasteiger partial charge in [-0.15, -0.1) is 0 Å². The average Bonchev–Trinajstić information content (AvgIpc) is 2.74. The summed E-state index contributed by atoms with van der Waals surface area (Å²) in [6, 6.07) is 8.43. The van der Waals surface area contributed by atoms with Crippen LogP contribution < -0.4 is 10.5 Å². The quantitative estimate of drug-likeness (QED) is 0.854. The molecular formula is C13H17N3O2S. The van der Waals surface area contributed by atoms with Crippen molar-refractivity contribution in [3.63, 3.8) is 0 Å². The molecule has 0 aliphatic heterocycles. The Labute approximate surface area is 113 Å². The molecule has 1 aliphatic rings. The molecule has 0 aromatic heterocycles. The lowest BCUT2D eigenvalue weighted by Crippen LogP contribution is -2.44. The first-order chi connectivity index (χ1) is 9.02. The first kappa shape index (κ1) is 14.0. The SMILES string of the molecule is N#Cc1ccccc1CS(=O)(=O)NC1CCCC1N. The Bertz CT molecular complexity index is 592. The molecule has 0 heterocycles. The Morgan fingerprint density at radius 3 is 2.74 bits per heavy atom. The molecule has 0 spiro atoms. The summed E-state index contributed by atoms with van der Waals surface area (Å²) < 4.78 is 26.8. The number of rotatable bonds is 4. The van der Waals surface area contributed by atoms with Crippen molar-refractivity contribution in [2.45, 2.75) is 37.1 Å². The average molecular weight is 279 g/mol. The minimum absolute atomic E-state index is 0.110. The summed E-state index contributed by atoms with van der Waals surface area (Å²) in [6.07, 6.45) is 2.57. The highest BCUT2D eigenvalue weighted by Crippen LogP contribution is 2.19. The number of benzene rings is 1. The number of nitrogens with zero attached hydrogens (tertiary/aromatic N) is 1. The van der Waals surface area contributed by atoms with Crippen molar-refractivity contribution in [3.05, 3.63) is 35.4 Å². The summed E-state index contributed by atoms with van der Waals surface area (Å²) >= 11 is 0. The van der Waals surface area contributed by atoms with Crippen LogP contribution in [0.1, 0.15) is 30.4 Å². The molecule has 2 atom stereocenters. The van der Waals surface area contributed by atoms with E-state index in [0.29, 0.717) is 11.1 Å². The minimum atomic E-state index is -3.46. The van der Waals surface area contributed by atoms with E-state index in [2.05, 4.69) is 4.72 Å². The van der Waals surface area contributed by atoms with Gasteiger partial charge in [-0.05, 0) is 24.5 Å². The zero-order valence-electron chi connectivity index (χ0n) is 10.5. The molecule has 1 saturated carbocycles. The van der Waals surface area contributed by atoms with Gasteiger partial charge in [0, 0.05) is 12.1 Å². The van der Waals surface area contributed by atoms with Gasteiger partial charge in [-0.3, -0.25) is 0 Å². The molecule has 2 unspecified atom stereocenters. The maximum absolute atomic E-state index is 12.1. The molecule has 102 valence electrons. The molecule has 0 saturated heterocycles. The summed E-state index contributed by atoms with van der Waals surface area (Å²) in [5.74, 6) is -0.181. The van der Waals surface area contributed by atoms with Gasteiger partial charge in [-0.25, -0.2) is 13.1 Å². The number of hydrogen-bond donors (Lipinski definition) is 2. The van der Waals surface area contributed by atoms with Crippen molar-refractivity contribution in [2.75, 3.05) is 0 Å². The fraction of sp³-hybridized carbons (Fsp3) is 0.462. The van der Waals surface area contributed by atoms with Crippen LogP contribution in [0.3, 0.4) is 0 Å². The topological polar surface area (TPSA) is 96.0 Å². The van der Waals surface area contributed by atoms with Gasteiger partial charge >= 0.3 is 0 Å². The van der Waals surface area contributed by atoms with E-state index in [0.717, 1.165) is 19.3 Å². The number of hydrogen-bond acceptors (Lipinski definition) is 4. The number of nitriles is 1. The summed E-state index contributed by atoms with van der Waals surface area (Å²) in [7, 11) is -3.46. The third-order valence-corrected chi connectivity index (χ3v) is 4.74. The highest BCUT2D eigenvalue weighted by Gasteiger charge is 2.28. The molecule has 0 amide bonds. The third kappa shape index (κ3) is 3.53. The summed E-state index contributed by atoms with van der Waals surface area (Å²) in [5, 5.41) is 8.96. The first-order valence-electron chi connectivity index (χ1n) is 6.25. The van der Waals surface area contributed by atoms with E-state index in [9.17, 15) is 8.42 Å². The monoisotopic (exact) mass is 279 g/mol. The van der Waals surface area contributed by atoms with E-state index in [1.54, 1.807) is 24.3 Å². The summed E-state index contributed by atoms with van der Waals surface area (Å²) in [6.45, 7) is 0. The van der Waals surface area contributed by atoms with Crippen LogP contribution in [0.2, 0.25) is 0 Å². The van der Waals surface area contributed by atoms with E-state index < -0.39 is 10.0 Å².